The Morgan fingerprint density at radius 1 is 1.04 bits per heavy atom. The van der Waals surface area contributed by atoms with Crippen LogP contribution < -0.4 is 10.2 Å². The van der Waals surface area contributed by atoms with E-state index in [9.17, 15) is 4.79 Å². The van der Waals surface area contributed by atoms with Gasteiger partial charge in [0.2, 0.25) is 0 Å². The van der Waals surface area contributed by atoms with Gasteiger partial charge < -0.3 is 5.32 Å². The summed E-state index contributed by atoms with van der Waals surface area (Å²) < 4.78 is 0. The first-order valence-corrected chi connectivity index (χ1v) is 9.66. The Morgan fingerprint density at radius 3 is 2.56 bits per heavy atom. The second kappa shape index (κ2) is 7.14. The zero-order valence-electron chi connectivity index (χ0n) is 14.7. The van der Waals surface area contributed by atoms with Gasteiger partial charge in [0.1, 0.15) is 0 Å². The lowest BCUT2D eigenvalue weighted by Gasteiger charge is -2.31. The molecule has 1 heterocycles. The molecule has 4 rings (SSSR count). The van der Waals surface area contributed by atoms with Crippen molar-refractivity contribution in [2.75, 3.05) is 10.2 Å². The van der Waals surface area contributed by atoms with Crippen LogP contribution in [0, 0.1) is 6.92 Å². The molecule has 1 aliphatic rings. The van der Waals surface area contributed by atoms with Gasteiger partial charge in [0, 0.05) is 10.6 Å². The molecule has 0 saturated carbocycles. The summed E-state index contributed by atoms with van der Waals surface area (Å²) in [6.07, 6.45) is 0. The number of amides is 1. The number of halogens is 1. The number of nitrogens with one attached hydrogen (secondary N) is 1. The van der Waals surface area contributed by atoms with Gasteiger partial charge in [-0.3, -0.25) is 9.69 Å². The summed E-state index contributed by atoms with van der Waals surface area (Å²) in [4.78, 5) is 15.8. The van der Waals surface area contributed by atoms with Crippen LogP contribution in [0.3, 0.4) is 0 Å². The molecule has 3 aromatic carbocycles. The van der Waals surface area contributed by atoms with Crippen LogP contribution in [-0.2, 0) is 0 Å². The number of fused-ring (bicyclic) bond motifs is 1. The normalized spacial score (nSPS) is 13.5. The number of aryl methyl sites for hydroxylation is 1. The third-order valence-corrected chi connectivity index (χ3v) is 5.72. The van der Waals surface area contributed by atoms with E-state index in [0.29, 0.717) is 15.6 Å². The van der Waals surface area contributed by atoms with E-state index in [4.69, 9.17) is 11.6 Å². The number of anilines is 3. The molecule has 0 bridgehead atoms. The summed E-state index contributed by atoms with van der Waals surface area (Å²) in [5.74, 6) is -0.0779. The molecular weight excluding hydrogens is 376 g/mol. The van der Waals surface area contributed by atoms with Crippen LogP contribution in [0.15, 0.2) is 83.2 Å². The van der Waals surface area contributed by atoms with Crippen molar-refractivity contribution < 1.29 is 4.79 Å². The first kappa shape index (κ1) is 17.7. The monoisotopic (exact) mass is 392 g/mol. The van der Waals surface area contributed by atoms with E-state index in [2.05, 4.69) is 11.9 Å². The van der Waals surface area contributed by atoms with Crippen LogP contribution in [-0.4, -0.2) is 5.91 Å². The molecule has 1 aliphatic heterocycles. The fraction of sp³-hybridized carbons (Fsp3) is 0.0455. The summed E-state index contributed by atoms with van der Waals surface area (Å²) in [7, 11) is 0. The number of carbonyl (C=O) groups is 1. The summed E-state index contributed by atoms with van der Waals surface area (Å²) in [6, 6.07) is 21.1. The lowest BCUT2D eigenvalue weighted by Crippen LogP contribution is -2.32. The van der Waals surface area contributed by atoms with Crippen molar-refractivity contribution in [2.45, 2.75) is 11.8 Å². The highest BCUT2D eigenvalue weighted by Gasteiger charge is 2.30. The molecule has 134 valence electrons. The number of hydrogen-bond donors (Lipinski definition) is 1. The molecule has 1 N–H and O–H groups in total. The second-order valence-corrected chi connectivity index (χ2v) is 7.76. The lowest BCUT2D eigenvalue weighted by molar-refractivity contribution is 0.0992. The maximum Gasteiger partial charge on any atom is 0.264 e. The summed E-state index contributed by atoms with van der Waals surface area (Å²) >= 11 is 7.73. The predicted octanol–water partition coefficient (Wildman–Crippen LogP) is 6.62. The van der Waals surface area contributed by atoms with Gasteiger partial charge in [-0.2, -0.15) is 0 Å². The average Bonchev–Trinajstić information content (AvgIpc) is 2.66. The molecule has 0 saturated heterocycles. The van der Waals surface area contributed by atoms with Crippen LogP contribution >= 0.6 is 23.4 Å². The van der Waals surface area contributed by atoms with Crippen molar-refractivity contribution in [3.05, 3.63) is 94.5 Å². The number of para-hydroxylation sites is 2. The van der Waals surface area contributed by atoms with Gasteiger partial charge in [0.05, 0.1) is 27.0 Å². The first-order chi connectivity index (χ1) is 13.0. The molecule has 0 atom stereocenters. The molecule has 0 unspecified atom stereocenters. The number of rotatable bonds is 3. The van der Waals surface area contributed by atoms with E-state index in [1.165, 1.54) is 11.8 Å². The van der Waals surface area contributed by atoms with Gasteiger partial charge >= 0.3 is 0 Å². The number of carbonyl (C=O) groups excluding carboxylic acids is 1. The zero-order chi connectivity index (χ0) is 19.0. The van der Waals surface area contributed by atoms with Crippen molar-refractivity contribution in [2.24, 2.45) is 0 Å². The van der Waals surface area contributed by atoms with Crippen LogP contribution in [0.2, 0.25) is 5.02 Å². The maximum absolute atomic E-state index is 13.2. The Morgan fingerprint density at radius 2 is 1.78 bits per heavy atom. The molecular formula is C22H17ClN2OS. The van der Waals surface area contributed by atoms with Crippen LogP contribution in [0.5, 0.6) is 0 Å². The van der Waals surface area contributed by atoms with Crippen LogP contribution in [0.1, 0.15) is 15.9 Å². The fourth-order valence-corrected chi connectivity index (χ4v) is 4.15. The summed E-state index contributed by atoms with van der Waals surface area (Å²) in [5, 5.41) is 4.62. The van der Waals surface area contributed by atoms with E-state index in [0.717, 1.165) is 27.5 Å². The SMILES string of the molecule is C=C1Sc2ccc(Nc3ccccc3Cl)cc2C(=O)N1c1ccccc1C. The van der Waals surface area contributed by atoms with Crippen molar-refractivity contribution in [1.82, 2.24) is 0 Å². The molecule has 27 heavy (non-hydrogen) atoms. The molecule has 0 aromatic heterocycles. The molecule has 0 fully saturated rings. The highest BCUT2D eigenvalue weighted by atomic mass is 35.5. The summed E-state index contributed by atoms with van der Waals surface area (Å²) in [5.41, 5.74) is 4.15. The average molecular weight is 393 g/mol. The molecule has 0 spiro atoms. The second-order valence-electron chi connectivity index (χ2n) is 6.24. The molecule has 0 radical (unpaired) electrons. The predicted molar refractivity (Wildman–Crippen MR) is 114 cm³/mol. The smallest absolute Gasteiger partial charge is 0.264 e. The van der Waals surface area contributed by atoms with E-state index in [-0.39, 0.29) is 5.91 Å². The van der Waals surface area contributed by atoms with Crippen molar-refractivity contribution >= 4 is 46.3 Å². The zero-order valence-corrected chi connectivity index (χ0v) is 16.3. The van der Waals surface area contributed by atoms with Gasteiger partial charge in [-0.15, -0.1) is 0 Å². The number of nitrogens with zero attached hydrogens (tertiary/aromatic N) is 1. The molecule has 3 aromatic rings. The van der Waals surface area contributed by atoms with Gasteiger partial charge in [0.25, 0.3) is 5.91 Å². The Bertz CT molecular complexity index is 1060. The summed E-state index contributed by atoms with van der Waals surface area (Å²) in [6.45, 7) is 6.09. The number of benzene rings is 3. The maximum atomic E-state index is 13.2. The van der Waals surface area contributed by atoms with E-state index in [1.807, 2.05) is 73.7 Å². The van der Waals surface area contributed by atoms with Gasteiger partial charge in [-0.05, 0) is 48.9 Å². The minimum Gasteiger partial charge on any atom is -0.354 e. The highest BCUT2D eigenvalue weighted by molar-refractivity contribution is 8.03. The Balaban J connectivity index is 1.71. The standard InChI is InChI=1S/C22H17ClN2OS/c1-14-7-3-6-10-20(14)25-15(2)27-21-12-11-16(13-17(21)22(25)26)24-19-9-5-4-8-18(19)23/h3-13,24H,2H2,1H3. The van der Waals surface area contributed by atoms with Crippen molar-refractivity contribution in [1.29, 1.82) is 0 Å². The topological polar surface area (TPSA) is 32.3 Å². The number of hydrogen-bond acceptors (Lipinski definition) is 3. The van der Waals surface area contributed by atoms with Crippen molar-refractivity contribution in [3.8, 4) is 0 Å². The van der Waals surface area contributed by atoms with Crippen LogP contribution in [0.4, 0.5) is 17.1 Å². The third kappa shape index (κ3) is 3.34. The molecule has 0 aliphatic carbocycles. The van der Waals surface area contributed by atoms with Gasteiger partial charge in [0.15, 0.2) is 0 Å². The number of thioether (sulfide) groups is 1. The highest BCUT2D eigenvalue weighted by Crippen LogP contribution is 2.42. The Kier molecular flexibility index (Phi) is 4.68. The fourth-order valence-electron chi connectivity index (χ4n) is 3.05. The van der Waals surface area contributed by atoms with Crippen molar-refractivity contribution in [3.63, 3.8) is 0 Å². The third-order valence-electron chi connectivity index (χ3n) is 4.40. The van der Waals surface area contributed by atoms with E-state index in [1.54, 1.807) is 4.90 Å². The van der Waals surface area contributed by atoms with Gasteiger partial charge in [-0.1, -0.05) is 60.3 Å². The molecule has 5 heteroatoms. The van der Waals surface area contributed by atoms with Crippen LogP contribution in [0.25, 0.3) is 0 Å². The van der Waals surface area contributed by atoms with E-state index < -0.39 is 0 Å². The lowest BCUT2D eigenvalue weighted by atomic mass is 10.1. The minimum atomic E-state index is -0.0779. The Hall–Kier alpha value is -2.69. The first-order valence-electron chi connectivity index (χ1n) is 8.47. The molecule has 1 amide bonds. The van der Waals surface area contributed by atoms with E-state index >= 15 is 0 Å². The van der Waals surface area contributed by atoms with Gasteiger partial charge in [-0.25, -0.2) is 0 Å². The minimum absolute atomic E-state index is 0.0779. The molecule has 3 nitrogen and oxygen atoms in total. The quantitative estimate of drug-likeness (QED) is 0.543. The Labute approximate surface area is 167 Å². The largest absolute Gasteiger partial charge is 0.354 e.